The standard InChI is InChI=1S/C33H37ClFN5O5/c1-5-44-31(42)29(28-27-7-6-10-39(27)19-36-28)40-18-23-22(30(40)41)15-21(17-25(23)35)20-8-9-26(24(34)16-20)37-11-13-38(14-12-37)32(43)45-33(2,3)4/h8-9,15-17,19,29H,5-7,10-14,18H2,1-4H3/t29-/m0/s1. The summed E-state index contributed by atoms with van der Waals surface area (Å²) in [7, 11) is 0. The van der Waals surface area contributed by atoms with Crippen LogP contribution >= 0.6 is 11.6 Å². The van der Waals surface area contributed by atoms with Crippen LogP contribution in [0.5, 0.6) is 0 Å². The van der Waals surface area contributed by atoms with Gasteiger partial charge in [0.05, 0.1) is 35.9 Å². The van der Waals surface area contributed by atoms with E-state index in [1.165, 1.54) is 11.0 Å². The lowest BCUT2D eigenvalue weighted by atomic mass is 9.99. The van der Waals surface area contributed by atoms with Crippen molar-refractivity contribution in [2.45, 2.75) is 65.3 Å². The van der Waals surface area contributed by atoms with E-state index in [1.807, 2.05) is 37.5 Å². The Hall–Kier alpha value is -4.12. The summed E-state index contributed by atoms with van der Waals surface area (Å²) in [5.41, 5.74) is 3.22. The maximum Gasteiger partial charge on any atom is 0.410 e. The summed E-state index contributed by atoms with van der Waals surface area (Å²) in [6.07, 6.45) is 3.02. The second-order valence-corrected chi connectivity index (χ2v) is 13.0. The third kappa shape index (κ3) is 5.97. The van der Waals surface area contributed by atoms with Gasteiger partial charge in [0, 0.05) is 49.5 Å². The second kappa shape index (κ2) is 12.0. The highest BCUT2D eigenvalue weighted by molar-refractivity contribution is 6.33. The number of halogens is 2. The van der Waals surface area contributed by atoms with Gasteiger partial charge in [-0.25, -0.2) is 19.0 Å². The molecule has 1 atom stereocenters. The number of nitrogens with zero attached hydrogens (tertiary/aromatic N) is 5. The molecule has 3 aromatic rings. The number of hydrogen-bond donors (Lipinski definition) is 0. The molecule has 1 fully saturated rings. The summed E-state index contributed by atoms with van der Waals surface area (Å²) < 4.78 is 28.5. The van der Waals surface area contributed by atoms with E-state index in [0.717, 1.165) is 30.8 Å². The molecule has 3 aliphatic heterocycles. The smallest absolute Gasteiger partial charge is 0.410 e. The maximum absolute atomic E-state index is 15.6. The zero-order chi connectivity index (χ0) is 32.0. The van der Waals surface area contributed by atoms with Gasteiger partial charge in [-0.2, -0.15) is 0 Å². The Labute approximate surface area is 266 Å². The van der Waals surface area contributed by atoms with Gasteiger partial charge in [0.2, 0.25) is 0 Å². The first-order valence-electron chi connectivity index (χ1n) is 15.3. The van der Waals surface area contributed by atoms with Gasteiger partial charge in [-0.05, 0) is 75.9 Å². The molecule has 3 aliphatic rings. The topological polar surface area (TPSA) is 97.2 Å². The number of hydrogen-bond acceptors (Lipinski definition) is 7. The first kappa shape index (κ1) is 30.9. The van der Waals surface area contributed by atoms with Crippen LogP contribution in [0.15, 0.2) is 36.7 Å². The van der Waals surface area contributed by atoms with Crippen LogP contribution < -0.4 is 4.90 Å². The predicted molar refractivity (Wildman–Crippen MR) is 167 cm³/mol. The molecular weight excluding hydrogens is 601 g/mol. The third-order valence-corrected chi connectivity index (χ3v) is 8.74. The minimum atomic E-state index is -1.06. The van der Waals surface area contributed by atoms with Crippen molar-refractivity contribution in [2.24, 2.45) is 0 Å². The van der Waals surface area contributed by atoms with E-state index >= 15 is 4.39 Å². The Balaban J connectivity index is 1.22. The Kier molecular flexibility index (Phi) is 8.24. The van der Waals surface area contributed by atoms with Gasteiger partial charge in [0.25, 0.3) is 5.91 Å². The summed E-state index contributed by atoms with van der Waals surface area (Å²) in [5, 5.41) is 0.475. The second-order valence-electron chi connectivity index (χ2n) is 12.6. The van der Waals surface area contributed by atoms with E-state index in [0.29, 0.717) is 48.0 Å². The number of aryl methyl sites for hydroxylation is 1. The first-order chi connectivity index (χ1) is 21.4. The van der Waals surface area contributed by atoms with Crippen molar-refractivity contribution >= 4 is 35.3 Å². The number of fused-ring (bicyclic) bond motifs is 2. The molecule has 0 radical (unpaired) electrons. The average Bonchev–Trinajstić information content (AvgIpc) is 3.69. The molecule has 2 aromatic carbocycles. The zero-order valence-corrected chi connectivity index (χ0v) is 26.7. The molecule has 0 bridgehead atoms. The monoisotopic (exact) mass is 637 g/mol. The average molecular weight is 638 g/mol. The fourth-order valence-electron chi connectivity index (χ4n) is 6.30. The number of aromatic nitrogens is 2. The first-order valence-corrected chi connectivity index (χ1v) is 15.7. The van der Waals surface area contributed by atoms with Gasteiger partial charge in [-0.1, -0.05) is 17.7 Å². The van der Waals surface area contributed by atoms with Gasteiger partial charge in [0.1, 0.15) is 11.4 Å². The Morgan fingerprint density at radius 3 is 2.51 bits per heavy atom. The number of rotatable bonds is 6. The molecule has 1 saturated heterocycles. The molecule has 0 aliphatic carbocycles. The lowest BCUT2D eigenvalue weighted by molar-refractivity contribution is -0.149. The summed E-state index contributed by atoms with van der Waals surface area (Å²) in [6, 6.07) is 7.46. The maximum atomic E-state index is 15.6. The SMILES string of the molecule is CCOC(=O)[C@H](c1ncn2c1CCC2)N1Cc2c(F)cc(-c3ccc(N4CCN(C(=O)OC(C)(C)C)CC4)c(Cl)c3)cc2C1=O. The minimum Gasteiger partial charge on any atom is -0.464 e. The molecule has 0 spiro atoms. The number of benzene rings is 2. The molecule has 12 heteroatoms. The van der Waals surface area contributed by atoms with E-state index in [-0.39, 0.29) is 30.4 Å². The molecule has 45 heavy (non-hydrogen) atoms. The fraction of sp³-hybridized carbons (Fsp3) is 0.455. The Morgan fingerprint density at radius 2 is 1.82 bits per heavy atom. The van der Waals surface area contributed by atoms with Gasteiger partial charge < -0.3 is 28.7 Å². The Bertz CT molecular complexity index is 1660. The molecule has 0 saturated carbocycles. The van der Waals surface area contributed by atoms with E-state index in [4.69, 9.17) is 21.1 Å². The molecular formula is C33H37ClFN5O5. The van der Waals surface area contributed by atoms with Crippen LogP contribution in [0.1, 0.15) is 67.5 Å². The summed E-state index contributed by atoms with van der Waals surface area (Å²) in [4.78, 5) is 49.1. The van der Waals surface area contributed by atoms with Crippen LogP contribution in [0.2, 0.25) is 5.02 Å². The highest BCUT2D eigenvalue weighted by Gasteiger charge is 2.42. The summed E-state index contributed by atoms with van der Waals surface area (Å²) >= 11 is 6.74. The number of piperazine rings is 1. The quantitative estimate of drug-likeness (QED) is 0.324. The van der Waals surface area contributed by atoms with Crippen LogP contribution in [-0.4, -0.2) is 75.7 Å². The van der Waals surface area contributed by atoms with Crippen LogP contribution in [0.25, 0.3) is 11.1 Å². The lowest BCUT2D eigenvalue weighted by Crippen LogP contribution is -2.50. The minimum absolute atomic E-state index is 0.0645. The molecule has 2 amide bonds. The van der Waals surface area contributed by atoms with E-state index in [1.54, 1.807) is 30.3 Å². The lowest BCUT2D eigenvalue weighted by Gasteiger charge is -2.37. The number of esters is 1. The van der Waals surface area contributed by atoms with Crippen LogP contribution in [0.3, 0.4) is 0 Å². The number of amides is 2. The van der Waals surface area contributed by atoms with Crippen molar-refractivity contribution < 1.29 is 28.2 Å². The molecule has 238 valence electrons. The highest BCUT2D eigenvalue weighted by Crippen LogP contribution is 2.39. The van der Waals surface area contributed by atoms with Crippen molar-refractivity contribution in [1.82, 2.24) is 19.4 Å². The number of carbonyl (C=O) groups excluding carboxylic acids is 3. The van der Waals surface area contributed by atoms with E-state index in [2.05, 4.69) is 9.88 Å². The third-order valence-electron chi connectivity index (χ3n) is 8.44. The summed E-state index contributed by atoms with van der Waals surface area (Å²) in [6.45, 7) is 10.3. The number of imidazole rings is 1. The van der Waals surface area contributed by atoms with Gasteiger partial charge in [-0.15, -0.1) is 0 Å². The fourth-order valence-corrected chi connectivity index (χ4v) is 6.60. The van der Waals surface area contributed by atoms with Gasteiger partial charge in [0.15, 0.2) is 6.04 Å². The molecule has 0 N–H and O–H groups in total. The van der Waals surface area contributed by atoms with Crippen LogP contribution in [0.4, 0.5) is 14.9 Å². The Morgan fingerprint density at radius 1 is 1.07 bits per heavy atom. The van der Waals surface area contributed by atoms with E-state index < -0.39 is 29.3 Å². The van der Waals surface area contributed by atoms with Crippen molar-refractivity contribution in [3.63, 3.8) is 0 Å². The molecule has 4 heterocycles. The number of carbonyl (C=O) groups is 3. The number of anilines is 1. The molecule has 10 nitrogen and oxygen atoms in total. The number of ether oxygens (including phenoxy) is 2. The van der Waals surface area contributed by atoms with Gasteiger partial charge in [-0.3, -0.25) is 4.79 Å². The van der Waals surface area contributed by atoms with E-state index in [9.17, 15) is 14.4 Å². The predicted octanol–water partition coefficient (Wildman–Crippen LogP) is 5.61. The van der Waals surface area contributed by atoms with Crippen LogP contribution in [0, 0.1) is 5.82 Å². The molecule has 1 aromatic heterocycles. The van der Waals surface area contributed by atoms with Crippen molar-refractivity contribution in [1.29, 1.82) is 0 Å². The summed E-state index contributed by atoms with van der Waals surface area (Å²) in [5.74, 6) is -1.56. The molecule has 0 unspecified atom stereocenters. The highest BCUT2D eigenvalue weighted by atomic mass is 35.5. The normalized spacial score (nSPS) is 16.9. The van der Waals surface area contributed by atoms with Crippen molar-refractivity contribution in [2.75, 3.05) is 37.7 Å². The van der Waals surface area contributed by atoms with Gasteiger partial charge >= 0.3 is 12.1 Å². The van der Waals surface area contributed by atoms with Crippen molar-refractivity contribution in [3.05, 3.63) is 70.0 Å². The molecule has 6 rings (SSSR count). The van der Waals surface area contributed by atoms with Crippen molar-refractivity contribution in [3.8, 4) is 11.1 Å². The zero-order valence-electron chi connectivity index (χ0n) is 25.9. The van der Waals surface area contributed by atoms with Crippen LogP contribution in [-0.2, 0) is 33.8 Å². The largest absolute Gasteiger partial charge is 0.464 e.